The van der Waals surface area contributed by atoms with Crippen molar-refractivity contribution in [2.75, 3.05) is 13.2 Å². The van der Waals surface area contributed by atoms with Gasteiger partial charge in [-0.2, -0.15) is 17.9 Å². The summed E-state index contributed by atoms with van der Waals surface area (Å²) in [4.78, 5) is 23.6. The van der Waals surface area contributed by atoms with Gasteiger partial charge in [0.2, 0.25) is 6.33 Å². The van der Waals surface area contributed by atoms with Crippen molar-refractivity contribution in [1.29, 1.82) is 0 Å². The number of nitrogens with one attached hydrogen (secondary N) is 1. The van der Waals surface area contributed by atoms with Crippen LogP contribution >= 0.6 is 0 Å². The van der Waals surface area contributed by atoms with E-state index >= 15 is 0 Å². The quantitative estimate of drug-likeness (QED) is 0.621. The van der Waals surface area contributed by atoms with Gasteiger partial charge >= 0.3 is 18.2 Å². The molecule has 1 heterocycles. The molecule has 1 aromatic heterocycles. The second-order valence-electron chi connectivity index (χ2n) is 3.18. The highest BCUT2D eigenvalue weighted by Crippen LogP contribution is 2.14. The van der Waals surface area contributed by atoms with Crippen LogP contribution in [0.15, 0.2) is 6.33 Å². The van der Waals surface area contributed by atoms with Crippen LogP contribution in [0.3, 0.4) is 0 Å². The van der Waals surface area contributed by atoms with Gasteiger partial charge in [-0.25, -0.2) is 4.79 Å². The van der Waals surface area contributed by atoms with E-state index in [1.165, 1.54) is 0 Å². The molecule has 1 N–H and O–H groups in total. The highest BCUT2D eigenvalue weighted by atomic mass is 19.4. The van der Waals surface area contributed by atoms with Crippen LogP contribution in [-0.2, 0) is 11.3 Å². The lowest BCUT2D eigenvalue weighted by molar-refractivity contribution is -0.394. The molecule has 0 saturated heterocycles. The molecule has 1 rings (SSSR count). The summed E-state index contributed by atoms with van der Waals surface area (Å²) in [6, 6.07) is 0. The van der Waals surface area contributed by atoms with Crippen molar-refractivity contribution in [3.63, 3.8) is 0 Å². The fraction of sp³-hybridized carbons (Fsp3) is 0.571. The van der Waals surface area contributed by atoms with Gasteiger partial charge in [-0.05, 0) is 4.92 Å². The topological polar surface area (TPSA) is 112 Å². The number of ether oxygens (including phenoxy) is 1. The standard InChI is InChI=1S/C7H8F3N5O4/c8-7(9,10)3-19-6(16)11-1-2-14-4-12-5(13-14)15(17)18/h4H,1-3H2,(H,11,16). The van der Waals surface area contributed by atoms with Crippen molar-refractivity contribution in [2.45, 2.75) is 12.7 Å². The summed E-state index contributed by atoms with van der Waals surface area (Å²) in [6.07, 6.45) is -4.78. The van der Waals surface area contributed by atoms with Crippen LogP contribution in [0, 0.1) is 10.1 Å². The number of nitro groups is 1. The van der Waals surface area contributed by atoms with Crippen LogP contribution in [0.4, 0.5) is 23.9 Å². The Bertz CT molecular complexity index is 460. The van der Waals surface area contributed by atoms with E-state index < -0.39 is 29.7 Å². The molecule has 12 heteroatoms. The van der Waals surface area contributed by atoms with E-state index in [0.717, 1.165) is 11.0 Å². The number of nitrogens with zero attached hydrogens (tertiary/aromatic N) is 4. The molecule has 1 aromatic rings. The summed E-state index contributed by atoms with van der Waals surface area (Å²) < 4.78 is 40.0. The van der Waals surface area contributed by atoms with Crippen LogP contribution in [0.5, 0.6) is 0 Å². The summed E-state index contributed by atoms with van der Waals surface area (Å²) in [5.74, 6) is -0.611. The van der Waals surface area contributed by atoms with E-state index in [-0.39, 0.29) is 13.1 Å². The number of carbonyl (C=O) groups excluding carboxylic acids is 1. The molecule has 19 heavy (non-hydrogen) atoms. The number of aromatic nitrogens is 3. The van der Waals surface area contributed by atoms with Crippen molar-refractivity contribution in [3.8, 4) is 0 Å². The number of halogens is 3. The average molecular weight is 283 g/mol. The number of hydrogen-bond acceptors (Lipinski definition) is 6. The van der Waals surface area contributed by atoms with Crippen molar-refractivity contribution in [1.82, 2.24) is 20.1 Å². The number of carbonyl (C=O) groups is 1. The van der Waals surface area contributed by atoms with Crippen LogP contribution < -0.4 is 5.32 Å². The zero-order chi connectivity index (χ0) is 14.5. The second-order valence-corrected chi connectivity index (χ2v) is 3.18. The van der Waals surface area contributed by atoms with E-state index in [0.29, 0.717) is 0 Å². The molecule has 106 valence electrons. The fourth-order valence-corrected chi connectivity index (χ4v) is 0.947. The zero-order valence-electron chi connectivity index (χ0n) is 9.25. The monoisotopic (exact) mass is 283 g/mol. The average Bonchev–Trinajstić information content (AvgIpc) is 2.74. The number of hydrogen-bond donors (Lipinski definition) is 1. The largest absolute Gasteiger partial charge is 0.490 e. The highest BCUT2D eigenvalue weighted by Gasteiger charge is 2.29. The van der Waals surface area contributed by atoms with E-state index in [9.17, 15) is 28.1 Å². The van der Waals surface area contributed by atoms with Crippen LogP contribution in [0.25, 0.3) is 0 Å². The molecule has 0 aliphatic carbocycles. The first-order valence-corrected chi connectivity index (χ1v) is 4.79. The third kappa shape index (κ3) is 5.65. The first-order chi connectivity index (χ1) is 8.78. The summed E-state index contributed by atoms with van der Waals surface area (Å²) in [6.45, 7) is -1.80. The number of alkyl carbamates (subject to hydrolysis) is 1. The highest BCUT2D eigenvalue weighted by molar-refractivity contribution is 5.67. The van der Waals surface area contributed by atoms with Crippen molar-refractivity contribution < 1.29 is 27.6 Å². The normalized spacial score (nSPS) is 11.1. The number of amides is 1. The fourth-order valence-electron chi connectivity index (χ4n) is 0.947. The SMILES string of the molecule is O=C(NCCn1cnc([N+](=O)[O-])n1)OCC(F)(F)F. The molecular weight excluding hydrogens is 275 g/mol. The molecule has 0 atom stereocenters. The molecule has 0 aromatic carbocycles. The van der Waals surface area contributed by atoms with E-state index in [1.807, 2.05) is 5.32 Å². The molecule has 0 saturated carbocycles. The van der Waals surface area contributed by atoms with Gasteiger partial charge in [0.1, 0.15) is 0 Å². The Morgan fingerprint density at radius 1 is 1.58 bits per heavy atom. The summed E-state index contributed by atoms with van der Waals surface area (Å²) in [5, 5.41) is 15.7. The summed E-state index contributed by atoms with van der Waals surface area (Å²) in [7, 11) is 0. The zero-order valence-corrected chi connectivity index (χ0v) is 9.25. The smallest absolute Gasteiger partial charge is 0.440 e. The van der Waals surface area contributed by atoms with E-state index in [1.54, 1.807) is 0 Å². The van der Waals surface area contributed by atoms with Gasteiger partial charge in [0.15, 0.2) is 6.61 Å². The first-order valence-electron chi connectivity index (χ1n) is 4.79. The lowest BCUT2D eigenvalue weighted by atomic mass is 10.6. The Kier molecular flexibility index (Phi) is 4.61. The maximum atomic E-state index is 11.7. The summed E-state index contributed by atoms with van der Waals surface area (Å²) in [5.41, 5.74) is 0. The Morgan fingerprint density at radius 2 is 2.26 bits per heavy atom. The maximum absolute atomic E-state index is 11.7. The van der Waals surface area contributed by atoms with Gasteiger partial charge in [-0.3, -0.25) is 0 Å². The molecule has 0 spiro atoms. The van der Waals surface area contributed by atoms with Gasteiger partial charge < -0.3 is 20.2 Å². The summed E-state index contributed by atoms with van der Waals surface area (Å²) >= 11 is 0. The minimum atomic E-state index is -4.59. The predicted molar refractivity (Wildman–Crippen MR) is 52.1 cm³/mol. The molecule has 0 unspecified atom stereocenters. The van der Waals surface area contributed by atoms with Crippen LogP contribution in [0.2, 0.25) is 0 Å². The first kappa shape index (κ1) is 14.7. The lowest BCUT2D eigenvalue weighted by Crippen LogP contribution is -2.31. The molecule has 0 bridgehead atoms. The van der Waals surface area contributed by atoms with Gasteiger partial charge in [-0.1, -0.05) is 4.98 Å². The molecule has 0 aliphatic rings. The van der Waals surface area contributed by atoms with Crippen LogP contribution in [0.1, 0.15) is 0 Å². The Hall–Kier alpha value is -2.40. The van der Waals surface area contributed by atoms with Crippen molar-refractivity contribution >= 4 is 12.0 Å². The third-order valence-corrected chi connectivity index (χ3v) is 1.66. The lowest BCUT2D eigenvalue weighted by Gasteiger charge is -2.08. The molecule has 0 aliphatic heterocycles. The van der Waals surface area contributed by atoms with Crippen molar-refractivity contribution in [3.05, 3.63) is 16.4 Å². The maximum Gasteiger partial charge on any atom is 0.490 e. The third-order valence-electron chi connectivity index (χ3n) is 1.66. The minimum Gasteiger partial charge on any atom is -0.440 e. The number of rotatable bonds is 5. The number of alkyl halides is 3. The molecule has 0 radical (unpaired) electrons. The molecular formula is C7H8F3N5O4. The van der Waals surface area contributed by atoms with Crippen LogP contribution in [-0.4, -0.2) is 45.1 Å². The molecule has 0 fully saturated rings. The Balaban J connectivity index is 2.26. The van der Waals surface area contributed by atoms with Gasteiger partial charge in [-0.15, -0.1) is 0 Å². The molecule has 1 amide bonds. The molecule has 9 nitrogen and oxygen atoms in total. The second kappa shape index (κ2) is 5.97. The van der Waals surface area contributed by atoms with Gasteiger partial charge in [0, 0.05) is 11.6 Å². The Labute approximate surface area is 103 Å². The van der Waals surface area contributed by atoms with E-state index in [2.05, 4.69) is 14.8 Å². The Morgan fingerprint density at radius 3 is 2.79 bits per heavy atom. The van der Waals surface area contributed by atoms with Crippen molar-refractivity contribution in [2.24, 2.45) is 0 Å². The minimum absolute atomic E-state index is 0.00194. The van der Waals surface area contributed by atoms with Gasteiger partial charge in [0.05, 0.1) is 6.54 Å². The predicted octanol–water partition coefficient (Wildman–Crippen LogP) is 0.475. The van der Waals surface area contributed by atoms with E-state index in [4.69, 9.17) is 0 Å². The van der Waals surface area contributed by atoms with Gasteiger partial charge in [0.25, 0.3) is 0 Å².